The van der Waals surface area contributed by atoms with E-state index in [4.69, 9.17) is 15.7 Å². The molecule has 5 heteroatoms. The summed E-state index contributed by atoms with van der Waals surface area (Å²) in [6, 6.07) is 5.16. The van der Waals surface area contributed by atoms with E-state index in [1.54, 1.807) is 13.0 Å². The molecule has 0 amide bonds. The van der Waals surface area contributed by atoms with Crippen LogP contribution < -0.4 is 5.73 Å². The van der Waals surface area contributed by atoms with E-state index in [9.17, 15) is 4.79 Å². The summed E-state index contributed by atoms with van der Waals surface area (Å²) in [5.74, 6) is -0.450. The van der Waals surface area contributed by atoms with Crippen molar-refractivity contribution in [3.05, 3.63) is 33.3 Å². The minimum Gasteiger partial charge on any atom is -0.462 e. The van der Waals surface area contributed by atoms with Crippen LogP contribution in [0.1, 0.15) is 28.4 Å². The van der Waals surface area contributed by atoms with Crippen LogP contribution in [0.5, 0.6) is 0 Å². The molecule has 1 aromatic carbocycles. The summed E-state index contributed by atoms with van der Waals surface area (Å²) in [4.78, 5) is 11.5. The van der Waals surface area contributed by atoms with Crippen molar-refractivity contribution >= 4 is 21.9 Å². The molecule has 0 heterocycles. The van der Waals surface area contributed by atoms with E-state index in [2.05, 4.69) is 15.9 Å². The average Bonchev–Trinajstić information content (AvgIpc) is 2.28. The molecule has 0 bridgehead atoms. The highest BCUT2D eigenvalue weighted by molar-refractivity contribution is 9.10. The maximum Gasteiger partial charge on any atom is 0.339 e. The van der Waals surface area contributed by atoms with Gasteiger partial charge in [-0.1, -0.05) is 0 Å². The number of nitriles is 1. The lowest BCUT2D eigenvalue weighted by Crippen LogP contribution is -2.08. The predicted molar refractivity (Wildman–Crippen MR) is 62.7 cm³/mol. The number of ether oxygens (including phenoxy) is 1. The van der Waals surface area contributed by atoms with Crippen LogP contribution in [0.25, 0.3) is 0 Å². The van der Waals surface area contributed by atoms with Gasteiger partial charge in [0.15, 0.2) is 0 Å². The van der Waals surface area contributed by atoms with Crippen molar-refractivity contribution in [2.24, 2.45) is 5.73 Å². The van der Waals surface area contributed by atoms with Crippen molar-refractivity contribution in [2.45, 2.75) is 13.5 Å². The number of halogens is 1. The van der Waals surface area contributed by atoms with Crippen LogP contribution in [0.4, 0.5) is 0 Å². The Morgan fingerprint density at radius 1 is 1.62 bits per heavy atom. The number of nitrogens with zero attached hydrogens (tertiary/aromatic N) is 1. The van der Waals surface area contributed by atoms with Gasteiger partial charge in [0, 0.05) is 11.0 Å². The number of esters is 1. The van der Waals surface area contributed by atoms with Crippen LogP contribution in [0.15, 0.2) is 16.6 Å². The first-order valence-electron chi connectivity index (χ1n) is 4.73. The lowest BCUT2D eigenvalue weighted by atomic mass is 10.0. The van der Waals surface area contributed by atoms with Crippen LogP contribution in [-0.2, 0) is 11.3 Å². The molecule has 0 aromatic heterocycles. The van der Waals surface area contributed by atoms with Gasteiger partial charge in [0.05, 0.1) is 23.8 Å². The van der Waals surface area contributed by atoms with E-state index < -0.39 is 5.97 Å². The predicted octanol–water partition coefficient (Wildman–Crippen LogP) is 1.96. The summed E-state index contributed by atoms with van der Waals surface area (Å²) in [5.41, 5.74) is 6.93. The summed E-state index contributed by atoms with van der Waals surface area (Å²) in [7, 11) is 0. The van der Waals surface area contributed by atoms with Crippen molar-refractivity contribution in [2.75, 3.05) is 6.61 Å². The van der Waals surface area contributed by atoms with Crippen molar-refractivity contribution in [3.63, 3.8) is 0 Å². The minimum atomic E-state index is -0.450. The van der Waals surface area contributed by atoms with Gasteiger partial charge in [-0.3, -0.25) is 0 Å². The molecule has 0 unspecified atom stereocenters. The SMILES string of the molecule is CCOC(=O)c1cc(C#N)c(CN)cc1Br. The third-order valence-electron chi connectivity index (χ3n) is 2.03. The monoisotopic (exact) mass is 282 g/mol. The smallest absolute Gasteiger partial charge is 0.339 e. The number of carbonyl (C=O) groups excluding carboxylic acids is 1. The molecule has 16 heavy (non-hydrogen) atoms. The Morgan fingerprint density at radius 2 is 2.31 bits per heavy atom. The van der Waals surface area contributed by atoms with Crippen molar-refractivity contribution < 1.29 is 9.53 Å². The average molecular weight is 283 g/mol. The van der Waals surface area contributed by atoms with E-state index in [0.717, 1.165) is 0 Å². The van der Waals surface area contributed by atoms with Gasteiger partial charge < -0.3 is 10.5 Å². The second-order valence-electron chi connectivity index (χ2n) is 3.03. The maximum absolute atomic E-state index is 11.5. The highest BCUT2D eigenvalue weighted by atomic mass is 79.9. The molecular weight excluding hydrogens is 272 g/mol. The zero-order valence-corrected chi connectivity index (χ0v) is 10.4. The van der Waals surface area contributed by atoms with Crippen LogP contribution in [-0.4, -0.2) is 12.6 Å². The fourth-order valence-corrected chi connectivity index (χ4v) is 1.81. The Hall–Kier alpha value is -1.38. The first kappa shape index (κ1) is 12.7. The van der Waals surface area contributed by atoms with E-state index in [-0.39, 0.29) is 6.54 Å². The topological polar surface area (TPSA) is 76.1 Å². The molecule has 0 spiro atoms. The van der Waals surface area contributed by atoms with Gasteiger partial charge in [-0.15, -0.1) is 0 Å². The first-order valence-corrected chi connectivity index (χ1v) is 5.53. The number of hydrogen-bond acceptors (Lipinski definition) is 4. The molecule has 0 aliphatic carbocycles. The second-order valence-corrected chi connectivity index (χ2v) is 3.88. The summed E-state index contributed by atoms with van der Waals surface area (Å²) in [6.45, 7) is 2.28. The largest absolute Gasteiger partial charge is 0.462 e. The van der Waals surface area contributed by atoms with E-state index >= 15 is 0 Å². The molecule has 84 valence electrons. The van der Waals surface area contributed by atoms with Crippen molar-refractivity contribution in [3.8, 4) is 6.07 Å². The number of carbonyl (C=O) groups is 1. The molecule has 1 rings (SSSR count). The Labute approximate surface area is 102 Å². The maximum atomic E-state index is 11.5. The van der Waals surface area contributed by atoms with Crippen LogP contribution in [0.3, 0.4) is 0 Å². The van der Waals surface area contributed by atoms with Crippen molar-refractivity contribution in [1.82, 2.24) is 0 Å². The highest BCUT2D eigenvalue weighted by Gasteiger charge is 2.14. The molecule has 0 atom stereocenters. The summed E-state index contributed by atoms with van der Waals surface area (Å²) in [5, 5.41) is 8.90. The lowest BCUT2D eigenvalue weighted by molar-refractivity contribution is 0.0525. The molecule has 4 nitrogen and oxygen atoms in total. The van der Waals surface area contributed by atoms with Gasteiger partial charge in [0.25, 0.3) is 0 Å². The zero-order valence-electron chi connectivity index (χ0n) is 8.79. The van der Waals surface area contributed by atoms with Gasteiger partial charge >= 0.3 is 5.97 Å². The standard InChI is InChI=1S/C11H11BrN2O2/c1-2-16-11(15)9-3-7(5-13)8(6-14)4-10(9)12/h3-4H,2,6,14H2,1H3. The van der Waals surface area contributed by atoms with Crippen molar-refractivity contribution in [1.29, 1.82) is 5.26 Å². The van der Waals surface area contributed by atoms with Crippen LogP contribution in [0, 0.1) is 11.3 Å². The molecule has 1 aromatic rings. The summed E-state index contributed by atoms with van der Waals surface area (Å²) < 4.78 is 5.46. The molecule has 2 N–H and O–H groups in total. The van der Waals surface area contributed by atoms with Gasteiger partial charge in [-0.05, 0) is 40.5 Å². The molecule has 0 radical (unpaired) electrons. The summed E-state index contributed by atoms with van der Waals surface area (Å²) in [6.07, 6.45) is 0. The minimum absolute atomic E-state index is 0.255. The van der Waals surface area contributed by atoms with E-state index in [1.165, 1.54) is 6.07 Å². The third kappa shape index (κ3) is 2.60. The fraction of sp³-hybridized carbons (Fsp3) is 0.273. The Morgan fingerprint density at radius 3 is 2.81 bits per heavy atom. The van der Waals surface area contributed by atoms with Gasteiger partial charge in [0.1, 0.15) is 0 Å². The molecule has 0 saturated heterocycles. The Balaban J connectivity index is 3.22. The second kappa shape index (κ2) is 5.64. The van der Waals surface area contributed by atoms with Crippen LogP contribution in [0.2, 0.25) is 0 Å². The molecular formula is C11H11BrN2O2. The molecule has 0 fully saturated rings. The Kier molecular flexibility index (Phi) is 4.47. The number of nitrogens with two attached hydrogens (primary N) is 1. The molecule has 0 aliphatic rings. The number of benzene rings is 1. The zero-order chi connectivity index (χ0) is 12.1. The molecule has 0 aliphatic heterocycles. The van der Waals surface area contributed by atoms with E-state index in [0.29, 0.717) is 27.8 Å². The van der Waals surface area contributed by atoms with Gasteiger partial charge in [-0.25, -0.2) is 4.79 Å². The first-order chi connectivity index (χ1) is 7.63. The van der Waals surface area contributed by atoms with Gasteiger partial charge in [-0.2, -0.15) is 5.26 Å². The summed E-state index contributed by atoms with van der Waals surface area (Å²) >= 11 is 3.26. The fourth-order valence-electron chi connectivity index (χ4n) is 1.25. The number of rotatable bonds is 3. The van der Waals surface area contributed by atoms with Crippen LogP contribution >= 0.6 is 15.9 Å². The Bertz CT molecular complexity index is 452. The highest BCUT2D eigenvalue weighted by Crippen LogP contribution is 2.22. The quantitative estimate of drug-likeness (QED) is 0.860. The van der Waals surface area contributed by atoms with E-state index in [1.807, 2.05) is 6.07 Å². The van der Waals surface area contributed by atoms with Gasteiger partial charge in [0.2, 0.25) is 0 Å². The normalized spacial score (nSPS) is 9.62. The number of hydrogen-bond donors (Lipinski definition) is 1. The third-order valence-corrected chi connectivity index (χ3v) is 2.68. The lowest BCUT2D eigenvalue weighted by Gasteiger charge is -2.07. The molecule has 0 saturated carbocycles.